The Morgan fingerprint density at radius 2 is 2.05 bits per heavy atom. The maximum absolute atomic E-state index is 15.0. The maximum atomic E-state index is 15.0. The van der Waals surface area contributed by atoms with Crippen molar-refractivity contribution in [1.82, 2.24) is 15.6 Å². The van der Waals surface area contributed by atoms with Gasteiger partial charge in [-0.25, -0.2) is 14.2 Å². The lowest BCUT2D eigenvalue weighted by Crippen LogP contribution is -2.33. The summed E-state index contributed by atoms with van der Waals surface area (Å²) in [5.74, 6) is -0.618. The molecule has 1 aromatic heterocycles. The van der Waals surface area contributed by atoms with Crippen LogP contribution >= 0.6 is 23.1 Å². The SMILES string of the molecule is CC(=O)NC[C@H]1CN(c2ccc(-c3ccc(CNCc4csc(C5CC=CS5)n4)cc3)c(F)c2)C(=O)O1. The average molecular weight is 539 g/mol. The molecule has 2 aliphatic heterocycles. The Balaban J connectivity index is 1.15. The molecule has 1 fully saturated rings. The number of anilines is 1. The number of nitrogens with zero attached hydrogens (tertiary/aromatic N) is 2. The third-order valence-electron chi connectivity index (χ3n) is 6.15. The molecule has 0 radical (unpaired) electrons. The number of allylic oxidation sites excluding steroid dienone is 1. The van der Waals surface area contributed by atoms with Crippen LogP contribution in [0.2, 0.25) is 0 Å². The molecule has 0 aliphatic carbocycles. The lowest BCUT2D eigenvalue weighted by Gasteiger charge is -2.15. The van der Waals surface area contributed by atoms with Gasteiger partial charge in [-0.3, -0.25) is 9.69 Å². The van der Waals surface area contributed by atoms with Crippen molar-refractivity contribution in [2.75, 3.05) is 18.0 Å². The number of carbonyl (C=O) groups is 2. The van der Waals surface area contributed by atoms with Crippen LogP contribution in [0.15, 0.2) is 59.3 Å². The summed E-state index contributed by atoms with van der Waals surface area (Å²) < 4.78 is 20.3. The van der Waals surface area contributed by atoms with Gasteiger partial charge in [-0.2, -0.15) is 0 Å². The molecule has 2 aliphatic rings. The number of nitrogens with one attached hydrogen (secondary N) is 2. The lowest BCUT2D eigenvalue weighted by atomic mass is 10.0. The van der Waals surface area contributed by atoms with E-state index in [1.807, 2.05) is 36.0 Å². The van der Waals surface area contributed by atoms with Gasteiger partial charge in [0.15, 0.2) is 0 Å². The van der Waals surface area contributed by atoms with Gasteiger partial charge in [-0.05, 0) is 41.2 Å². The number of amides is 2. The molecule has 0 spiro atoms. The Hall–Kier alpha value is -3.21. The van der Waals surface area contributed by atoms with Gasteiger partial charge in [-0.15, -0.1) is 23.1 Å². The molecule has 2 amide bonds. The second-order valence-electron chi connectivity index (χ2n) is 8.93. The highest BCUT2D eigenvalue weighted by molar-refractivity contribution is 8.02. The number of rotatable bonds is 9. The van der Waals surface area contributed by atoms with E-state index < -0.39 is 18.0 Å². The van der Waals surface area contributed by atoms with Gasteiger partial charge in [0, 0.05) is 31.0 Å². The first-order valence-corrected chi connectivity index (χ1v) is 13.9. The Bertz CT molecular complexity index is 1300. The molecular weight excluding hydrogens is 511 g/mol. The topological polar surface area (TPSA) is 83.6 Å². The number of thioether (sulfide) groups is 1. The molecule has 2 aromatic carbocycles. The van der Waals surface area contributed by atoms with Crippen molar-refractivity contribution in [3.05, 3.63) is 81.4 Å². The fourth-order valence-corrected chi connectivity index (χ4v) is 6.18. The van der Waals surface area contributed by atoms with Crippen molar-refractivity contribution in [3.8, 4) is 11.1 Å². The second-order valence-corrected chi connectivity index (χ2v) is 10.9. The molecule has 10 heteroatoms. The standard InChI is InChI=1S/C27H27FN4O3S2/c1-17(33)30-14-22-15-32(27(34)35-22)21-8-9-23(24(28)11-21)19-6-4-18(5-7-19)12-29-13-20-16-37-26(31-20)25-3-2-10-36-25/h2,4-11,16,22,25,29H,3,12-15H2,1H3,(H,30,33)/t22-,25?/m0/s1. The molecule has 2 atom stereocenters. The number of cyclic esters (lactones) is 1. The van der Waals surface area contributed by atoms with Gasteiger partial charge in [0.1, 0.15) is 16.9 Å². The van der Waals surface area contributed by atoms with Crippen LogP contribution in [0, 0.1) is 5.82 Å². The van der Waals surface area contributed by atoms with E-state index in [0.717, 1.165) is 23.2 Å². The second kappa shape index (κ2) is 11.5. The van der Waals surface area contributed by atoms with E-state index in [-0.39, 0.29) is 19.0 Å². The number of ether oxygens (including phenoxy) is 1. The Kier molecular flexibility index (Phi) is 7.87. The highest BCUT2D eigenvalue weighted by Crippen LogP contribution is 2.39. The van der Waals surface area contributed by atoms with Crippen LogP contribution in [0.1, 0.15) is 34.9 Å². The van der Waals surface area contributed by atoms with E-state index >= 15 is 4.39 Å². The summed E-state index contributed by atoms with van der Waals surface area (Å²) in [6, 6.07) is 12.5. The first-order valence-electron chi connectivity index (χ1n) is 12.0. The molecule has 1 unspecified atom stereocenters. The third kappa shape index (κ3) is 6.20. The predicted molar refractivity (Wildman–Crippen MR) is 145 cm³/mol. The van der Waals surface area contributed by atoms with Gasteiger partial charge in [0.05, 0.1) is 29.7 Å². The number of aromatic nitrogens is 1. The molecule has 0 saturated carbocycles. The van der Waals surface area contributed by atoms with Crippen molar-refractivity contribution in [1.29, 1.82) is 0 Å². The summed E-state index contributed by atoms with van der Waals surface area (Å²) in [6.07, 6.45) is 2.21. The molecule has 2 N–H and O–H groups in total. The van der Waals surface area contributed by atoms with Crippen LogP contribution in [-0.4, -0.2) is 36.2 Å². The van der Waals surface area contributed by atoms with E-state index in [2.05, 4.69) is 27.5 Å². The molecular formula is C27H27FN4O3S2. The number of halogens is 1. The fraction of sp³-hybridized carbons (Fsp3) is 0.296. The normalized spacial score (nSPS) is 18.9. The van der Waals surface area contributed by atoms with Crippen molar-refractivity contribution in [2.24, 2.45) is 0 Å². The number of thiazole rings is 1. The highest BCUT2D eigenvalue weighted by Gasteiger charge is 2.32. The van der Waals surface area contributed by atoms with Crippen LogP contribution in [0.25, 0.3) is 11.1 Å². The zero-order chi connectivity index (χ0) is 25.8. The van der Waals surface area contributed by atoms with Gasteiger partial charge in [0.25, 0.3) is 0 Å². The molecule has 3 aromatic rings. The van der Waals surface area contributed by atoms with Crippen LogP contribution in [-0.2, 0) is 22.6 Å². The maximum Gasteiger partial charge on any atom is 0.414 e. The van der Waals surface area contributed by atoms with Crippen LogP contribution in [0.3, 0.4) is 0 Å². The van der Waals surface area contributed by atoms with Crippen molar-refractivity contribution in [2.45, 2.75) is 37.8 Å². The summed E-state index contributed by atoms with van der Waals surface area (Å²) in [7, 11) is 0. The van der Waals surface area contributed by atoms with E-state index in [1.54, 1.807) is 23.5 Å². The Morgan fingerprint density at radius 1 is 1.22 bits per heavy atom. The summed E-state index contributed by atoms with van der Waals surface area (Å²) in [5.41, 5.74) is 3.78. The summed E-state index contributed by atoms with van der Waals surface area (Å²) in [6.45, 7) is 3.26. The summed E-state index contributed by atoms with van der Waals surface area (Å²) in [4.78, 5) is 29.5. The Morgan fingerprint density at radius 3 is 2.78 bits per heavy atom. The minimum atomic E-state index is -0.553. The molecule has 3 heterocycles. The van der Waals surface area contributed by atoms with E-state index in [0.29, 0.717) is 29.6 Å². The van der Waals surface area contributed by atoms with Crippen molar-refractivity contribution >= 4 is 40.8 Å². The average Bonchev–Trinajstić information content (AvgIpc) is 3.65. The third-order valence-corrected chi connectivity index (χ3v) is 8.40. The minimum Gasteiger partial charge on any atom is -0.442 e. The number of benzene rings is 2. The first-order chi connectivity index (χ1) is 18.0. The number of hydrogen-bond donors (Lipinski definition) is 2. The first kappa shape index (κ1) is 25.4. The molecule has 7 nitrogen and oxygen atoms in total. The number of carbonyl (C=O) groups excluding carboxylic acids is 2. The predicted octanol–water partition coefficient (Wildman–Crippen LogP) is 5.39. The van der Waals surface area contributed by atoms with Crippen LogP contribution in [0.4, 0.5) is 14.9 Å². The highest BCUT2D eigenvalue weighted by atomic mass is 32.2. The summed E-state index contributed by atoms with van der Waals surface area (Å²) in [5, 5.41) is 11.9. The smallest absolute Gasteiger partial charge is 0.414 e. The zero-order valence-corrected chi connectivity index (χ0v) is 21.9. The van der Waals surface area contributed by atoms with Crippen molar-refractivity contribution in [3.63, 3.8) is 0 Å². The largest absolute Gasteiger partial charge is 0.442 e. The monoisotopic (exact) mass is 538 g/mol. The lowest BCUT2D eigenvalue weighted by molar-refractivity contribution is -0.119. The number of hydrogen-bond acceptors (Lipinski definition) is 7. The quantitative estimate of drug-likeness (QED) is 0.380. The minimum absolute atomic E-state index is 0.198. The van der Waals surface area contributed by atoms with E-state index in [9.17, 15) is 9.59 Å². The summed E-state index contributed by atoms with van der Waals surface area (Å²) >= 11 is 3.54. The molecule has 1 saturated heterocycles. The van der Waals surface area contributed by atoms with Crippen LogP contribution < -0.4 is 15.5 Å². The molecule has 5 rings (SSSR count). The van der Waals surface area contributed by atoms with Gasteiger partial charge in [0.2, 0.25) is 5.91 Å². The van der Waals surface area contributed by atoms with Gasteiger partial charge >= 0.3 is 6.09 Å². The molecule has 0 bridgehead atoms. The van der Waals surface area contributed by atoms with Crippen molar-refractivity contribution < 1.29 is 18.7 Å². The van der Waals surface area contributed by atoms with Crippen LogP contribution in [0.5, 0.6) is 0 Å². The molecule has 192 valence electrons. The fourth-order valence-electron chi connectivity index (χ4n) is 4.24. The van der Waals surface area contributed by atoms with E-state index in [1.165, 1.54) is 22.9 Å². The Labute approximate surface area is 223 Å². The zero-order valence-electron chi connectivity index (χ0n) is 20.3. The van der Waals surface area contributed by atoms with Gasteiger partial charge in [-0.1, -0.05) is 30.3 Å². The van der Waals surface area contributed by atoms with Gasteiger partial charge < -0.3 is 15.4 Å². The van der Waals surface area contributed by atoms with E-state index in [4.69, 9.17) is 9.72 Å². The molecule has 37 heavy (non-hydrogen) atoms.